The zero-order valence-corrected chi connectivity index (χ0v) is 11.0. The molecule has 6 heteroatoms. The molecule has 0 bridgehead atoms. The predicted octanol–water partition coefficient (Wildman–Crippen LogP) is 2.12. The minimum absolute atomic E-state index is 0.0938. The number of piperidine rings is 1. The molecule has 0 spiro atoms. The Morgan fingerprint density at radius 1 is 1.37 bits per heavy atom. The van der Waals surface area contributed by atoms with E-state index >= 15 is 0 Å². The highest BCUT2D eigenvalue weighted by molar-refractivity contribution is 6.33. The molecule has 1 saturated heterocycles. The Labute approximate surface area is 116 Å². The lowest BCUT2D eigenvalue weighted by atomic mass is 10.0. The monoisotopic (exact) mass is 282 g/mol. The molecule has 1 aliphatic rings. The quantitative estimate of drug-likeness (QED) is 0.793. The molecule has 5 nitrogen and oxygen atoms in total. The van der Waals surface area contributed by atoms with Crippen molar-refractivity contribution in [3.8, 4) is 0 Å². The molecule has 2 rings (SSSR count). The fourth-order valence-electron chi connectivity index (χ4n) is 2.05. The number of carboxylic acid groups (broad SMARTS) is 1. The van der Waals surface area contributed by atoms with Crippen LogP contribution in [0.15, 0.2) is 18.2 Å². The van der Waals surface area contributed by atoms with E-state index < -0.39 is 5.97 Å². The number of halogens is 1. The lowest BCUT2D eigenvalue weighted by molar-refractivity contribution is -0.118. The number of hydrogen-bond donors (Lipinski definition) is 3. The summed E-state index contributed by atoms with van der Waals surface area (Å²) in [6.45, 7) is 0.820. The van der Waals surface area contributed by atoms with Crippen molar-refractivity contribution in [1.29, 1.82) is 0 Å². The minimum Gasteiger partial charge on any atom is -0.478 e. The van der Waals surface area contributed by atoms with Crippen LogP contribution in [0, 0.1) is 0 Å². The Balaban J connectivity index is 2.11. The molecule has 1 heterocycles. The number of carboxylic acids is 1. The van der Waals surface area contributed by atoms with Gasteiger partial charge in [-0.2, -0.15) is 0 Å². The summed E-state index contributed by atoms with van der Waals surface area (Å²) in [5.41, 5.74) is 0.426. The van der Waals surface area contributed by atoms with E-state index in [4.69, 9.17) is 16.7 Å². The lowest BCUT2D eigenvalue weighted by Gasteiger charge is -2.22. The molecule has 3 N–H and O–H groups in total. The van der Waals surface area contributed by atoms with Gasteiger partial charge in [0.15, 0.2) is 0 Å². The summed E-state index contributed by atoms with van der Waals surface area (Å²) < 4.78 is 0. The topological polar surface area (TPSA) is 78.4 Å². The number of carbonyl (C=O) groups excluding carboxylic acids is 1. The van der Waals surface area contributed by atoms with Crippen molar-refractivity contribution in [1.82, 2.24) is 5.32 Å². The standard InChI is InChI=1S/C13H15ClN2O3/c14-9-5-4-8(13(18)19)7-11(9)16-12(17)10-3-1-2-6-15-10/h4-5,7,10,15H,1-3,6H2,(H,16,17)(H,18,19)/t10-/m0/s1. The van der Waals surface area contributed by atoms with E-state index in [9.17, 15) is 9.59 Å². The number of carbonyl (C=O) groups is 2. The predicted molar refractivity (Wildman–Crippen MR) is 72.7 cm³/mol. The third kappa shape index (κ3) is 3.45. The molecule has 0 aliphatic carbocycles. The van der Waals surface area contributed by atoms with Crippen LogP contribution in [0.4, 0.5) is 5.69 Å². The molecule has 1 aliphatic heterocycles. The molecule has 1 fully saturated rings. The second-order valence-electron chi connectivity index (χ2n) is 4.49. The Morgan fingerprint density at radius 3 is 2.79 bits per heavy atom. The molecule has 19 heavy (non-hydrogen) atoms. The van der Waals surface area contributed by atoms with Gasteiger partial charge in [-0.25, -0.2) is 4.79 Å². The van der Waals surface area contributed by atoms with Gasteiger partial charge in [0.05, 0.1) is 22.3 Å². The normalized spacial score (nSPS) is 18.9. The number of amides is 1. The van der Waals surface area contributed by atoms with E-state index in [-0.39, 0.29) is 17.5 Å². The first-order chi connectivity index (χ1) is 9.08. The van der Waals surface area contributed by atoms with E-state index in [2.05, 4.69) is 10.6 Å². The van der Waals surface area contributed by atoms with Gasteiger partial charge in [0.25, 0.3) is 0 Å². The maximum Gasteiger partial charge on any atom is 0.335 e. The summed E-state index contributed by atoms with van der Waals surface area (Å²) in [6, 6.07) is 4.00. The van der Waals surface area contributed by atoms with Crippen LogP contribution in [0.5, 0.6) is 0 Å². The Hall–Kier alpha value is -1.59. The molecule has 0 aromatic heterocycles. The smallest absolute Gasteiger partial charge is 0.335 e. The first kappa shape index (κ1) is 13.8. The van der Waals surface area contributed by atoms with Gasteiger partial charge in [0.1, 0.15) is 0 Å². The highest BCUT2D eigenvalue weighted by atomic mass is 35.5. The average molecular weight is 283 g/mol. The van der Waals surface area contributed by atoms with Crippen LogP contribution in [0.3, 0.4) is 0 Å². The van der Waals surface area contributed by atoms with Crippen LogP contribution in [0.25, 0.3) is 0 Å². The zero-order chi connectivity index (χ0) is 13.8. The number of benzene rings is 1. The molecule has 1 atom stereocenters. The molecular formula is C13H15ClN2O3. The maximum atomic E-state index is 12.0. The van der Waals surface area contributed by atoms with E-state index in [0.717, 1.165) is 25.8 Å². The second-order valence-corrected chi connectivity index (χ2v) is 4.90. The Kier molecular flexibility index (Phi) is 4.39. The van der Waals surface area contributed by atoms with Crippen LogP contribution in [-0.2, 0) is 4.79 Å². The van der Waals surface area contributed by atoms with E-state index in [1.165, 1.54) is 18.2 Å². The summed E-state index contributed by atoms with van der Waals surface area (Å²) in [7, 11) is 0. The average Bonchev–Trinajstić information content (AvgIpc) is 2.42. The summed E-state index contributed by atoms with van der Waals surface area (Å²) >= 11 is 5.96. The van der Waals surface area contributed by atoms with Crippen LogP contribution in [-0.4, -0.2) is 29.6 Å². The molecule has 0 saturated carbocycles. The molecule has 0 unspecified atom stereocenters. The third-order valence-corrected chi connectivity index (χ3v) is 3.43. The number of hydrogen-bond acceptors (Lipinski definition) is 3. The summed E-state index contributed by atoms with van der Waals surface area (Å²) in [5, 5.41) is 15.0. The first-order valence-corrected chi connectivity index (χ1v) is 6.53. The number of anilines is 1. The molecule has 102 valence electrons. The second kappa shape index (κ2) is 6.04. The van der Waals surface area contributed by atoms with Crippen LogP contribution >= 0.6 is 11.6 Å². The van der Waals surface area contributed by atoms with Gasteiger partial charge in [0.2, 0.25) is 5.91 Å². The van der Waals surface area contributed by atoms with Crippen molar-refractivity contribution < 1.29 is 14.7 Å². The summed E-state index contributed by atoms with van der Waals surface area (Å²) in [5.74, 6) is -1.23. The molecule has 1 aromatic carbocycles. The van der Waals surface area contributed by atoms with Gasteiger partial charge >= 0.3 is 5.97 Å². The van der Waals surface area contributed by atoms with Gasteiger partial charge in [0, 0.05) is 0 Å². The third-order valence-electron chi connectivity index (χ3n) is 3.10. The fraction of sp³-hybridized carbons (Fsp3) is 0.385. The first-order valence-electron chi connectivity index (χ1n) is 6.15. The van der Waals surface area contributed by atoms with Crippen molar-refractivity contribution in [2.75, 3.05) is 11.9 Å². The van der Waals surface area contributed by atoms with Crippen molar-refractivity contribution in [3.63, 3.8) is 0 Å². The minimum atomic E-state index is -1.05. The van der Waals surface area contributed by atoms with E-state index in [0.29, 0.717) is 10.7 Å². The Bertz CT molecular complexity index is 499. The van der Waals surface area contributed by atoms with Crippen molar-refractivity contribution >= 4 is 29.2 Å². The van der Waals surface area contributed by atoms with Crippen LogP contribution < -0.4 is 10.6 Å². The fourth-order valence-corrected chi connectivity index (χ4v) is 2.21. The van der Waals surface area contributed by atoms with Crippen molar-refractivity contribution in [3.05, 3.63) is 28.8 Å². The molecule has 1 aromatic rings. The summed E-state index contributed by atoms with van der Waals surface area (Å²) in [4.78, 5) is 22.9. The van der Waals surface area contributed by atoms with Gasteiger partial charge in [-0.15, -0.1) is 0 Å². The van der Waals surface area contributed by atoms with Crippen LogP contribution in [0.2, 0.25) is 5.02 Å². The van der Waals surface area contributed by atoms with Gasteiger partial charge in [-0.05, 0) is 37.6 Å². The maximum absolute atomic E-state index is 12.0. The molecule has 0 radical (unpaired) electrons. The molecular weight excluding hydrogens is 268 g/mol. The Morgan fingerprint density at radius 2 is 2.16 bits per heavy atom. The highest BCUT2D eigenvalue weighted by Crippen LogP contribution is 2.23. The van der Waals surface area contributed by atoms with Gasteiger partial charge < -0.3 is 15.7 Å². The SMILES string of the molecule is O=C(O)c1ccc(Cl)c(NC(=O)[C@@H]2CCCCN2)c1. The van der Waals surface area contributed by atoms with Gasteiger partial charge in [-0.1, -0.05) is 18.0 Å². The number of nitrogens with one attached hydrogen (secondary N) is 2. The van der Waals surface area contributed by atoms with E-state index in [1.54, 1.807) is 0 Å². The van der Waals surface area contributed by atoms with Crippen LogP contribution in [0.1, 0.15) is 29.6 Å². The number of rotatable bonds is 3. The highest BCUT2D eigenvalue weighted by Gasteiger charge is 2.21. The van der Waals surface area contributed by atoms with Crippen molar-refractivity contribution in [2.45, 2.75) is 25.3 Å². The lowest BCUT2D eigenvalue weighted by Crippen LogP contribution is -2.43. The largest absolute Gasteiger partial charge is 0.478 e. The zero-order valence-electron chi connectivity index (χ0n) is 10.3. The molecule has 1 amide bonds. The summed E-state index contributed by atoms with van der Waals surface area (Å²) in [6.07, 6.45) is 2.86. The number of aromatic carboxylic acids is 1. The van der Waals surface area contributed by atoms with Crippen molar-refractivity contribution in [2.24, 2.45) is 0 Å². The van der Waals surface area contributed by atoms with E-state index in [1.807, 2.05) is 0 Å². The van der Waals surface area contributed by atoms with Gasteiger partial charge in [-0.3, -0.25) is 4.79 Å².